The number of carboxylic acids is 2. The Balaban J connectivity index is 0.00000433. The largest absolute Gasteiger partial charge is 1.00 e. The Bertz CT molecular complexity index is 1580. The van der Waals surface area contributed by atoms with E-state index in [-0.39, 0.29) is 94.8 Å². The van der Waals surface area contributed by atoms with Crippen molar-refractivity contribution in [2.24, 2.45) is 5.73 Å². The minimum absolute atomic E-state index is 0. The van der Waals surface area contributed by atoms with Gasteiger partial charge >= 0.3 is 83.2 Å². The van der Waals surface area contributed by atoms with Gasteiger partial charge in [0, 0.05) is 44.1 Å². The van der Waals surface area contributed by atoms with E-state index in [9.17, 15) is 48.6 Å². The second kappa shape index (κ2) is 18.2. The van der Waals surface area contributed by atoms with Crippen molar-refractivity contribution < 1.29 is 122 Å². The second-order valence-electron chi connectivity index (χ2n) is 10.3. The fourth-order valence-corrected chi connectivity index (χ4v) is 6.22. The molecule has 0 unspecified atom stereocenters. The molecule has 50 heavy (non-hydrogen) atoms. The quantitative estimate of drug-likeness (QED) is 0.0576. The van der Waals surface area contributed by atoms with Crippen LogP contribution in [0.3, 0.4) is 0 Å². The zero-order valence-corrected chi connectivity index (χ0v) is 32.1. The number of carboxylic acid groups (broad SMARTS) is 2. The molecular formula is C27H29N7Na2O13S. The minimum Gasteiger partial charge on any atom is -0.548 e. The number of nitrogens with two attached hydrogens (primary N) is 1. The van der Waals surface area contributed by atoms with Gasteiger partial charge in [-0.25, -0.2) is 19.3 Å². The molecule has 3 aliphatic heterocycles. The van der Waals surface area contributed by atoms with Crippen LogP contribution < -0.4 is 96.3 Å². The fourth-order valence-electron chi connectivity index (χ4n) is 4.80. The van der Waals surface area contributed by atoms with Crippen molar-refractivity contribution in [3.8, 4) is 0 Å². The van der Waals surface area contributed by atoms with Gasteiger partial charge in [0.25, 0.3) is 11.6 Å². The molecule has 0 bridgehead atoms. The number of fused-ring (bicyclic) bond motifs is 1. The molecule has 1 aromatic carbocycles. The van der Waals surface area contributed by atoms with Gasteiger partial charge in [0.1, 0.15) is 24.6 Å². The summed E-state index contributed by atoms with van der Waals surface area (Å²) in [6, 6.07) is 0.450. The molecule has 7 amide bonds. The Kier molecular flexibility index (Phi) is 15.6. The number of esters is 1. The number of ether oxygens (including phenoxy) is 3. The molecule has 6 N–H and O–H groups in total. The number of urea groups is 2. The van der Waals surface area contributed by atoms with Gasteiger partial charge in [0.15, 0.2) is 0 Å². The molecule has 0 radical (unpaired) electrons. The molecule has 23 heteroatoms. The minimum atomic E-state index is -2.11. The van der Waals surface area contributed by atoms with E-state index in [1.165, 1.54) is 24.3 Å². The van der Waals surface area contributed by atoms with Gasteiger partial charge < -0.3 is 55.7 Å². The first-order valence-corrected chi connectivity index (χ1v) is 15.0. The smallest absolute Gasteiger partial charge is 0.548 e. The van der Waals surface area contributed by atoms with Crippen molar-refractivity contribution in [3.05, 3.63) is 41.1 Å². The standard InChI is InChI=1S/C27H31N7O13S.2Na/c1-12(35)46-9-14-11-48-23-27(45-2,22(41)34(23)18(14)21(39)40)32-19(36)17(31-25(43)33-8-7-29-24(33)42)13-3-5-15(6-4-13)30-26(44)47-10-16(28)20(37)38;;/h3-6,16-17,23H,7-11,28H2,1-2H3,(H,29,42)(H,30,44)(H,31,43)(H,32,36)(H,37,38)(H,39,40);;/q;2*+1/p-2/t16-,17+,23+,27+;;/m1../s1. The number of anilines is 1. The first-order valence-electron chi connectivity index (χ1n) is 13.9. The second-order valence-corrected chi connectivity index (χ2v) is 11.4. The number of β-lactam (4-membered cyclic amide) rings is 1. The van der Waals surface area contributed by atoms with Crippen molar-refractivity contribution in [2.75, 3.05) is 44.5 Å². The summed E-state index contributed by atoms with van der Waals surface area (Å²) in [5.74, 6) is -6.05. The summed E-state index contributed by atoms with van der Waals surface area (Å²) in [5, 5.41) is 31.3. The van der Waals surface area contributed by atoms with Gasteiger partial charge in [0.2, 0.25) is 5.91 Å². The Hall–Kier alpha value is -3.41. The first-order chi connectivity index (χ1) is 22.7. The number of rotatable bonds is 12. The molecular weight excluding hydrogens is 708 g/mol. The monoisotopic (exact) mass is 737 g/mol. The van der Waals surface area contributed by atoms with Gasteiger partial charge in [-0.05, 0) is 17.7 Å². The van der Waals surface area contributed by atoms with Crippen LogP contribution in [0.5, 0.6) is 0 Å². The maximum Gasteiger partial charge on any atom is 1.00 e. The van der Waals surface area contributed by atoms with Gasteiger partial charge in [-0.15, -0.1) is 11.8 Å². The van der Waals surface area contributed by atoms with Crippen molar-refractivity contribution >= 4 is 65.3 Å². The van der Waals surface area contributed by atoms with Gasteiger partial charge in [-0.1, -0.05) is 12.1 Å². The summed E-state index contributed by atoms with van der Waals surface area (Å²) < 4.78 is 15.1. The summed E-state index contributed by atoms with van der Waals surface area (Å²) in [7, 11) is 1.11. The summed E-state index contributed by atoms with van der Waals surface area (Å²) >= 11 is 1.01. The number of methoxy groups -OCH3 is 1. The molecule has 0 aromatic heterocycles. The Morgan fingerprint density at radius 2 is 1.76 bits per heavy atom. The number of nitrogens with one attached hydrogen (secondary N) is 4. The van der Waals surface area contributed by atoms with E-state index in [0.29, 0.717) is 0 Å². The van der Waals surface area contributed by atoms with Crippen LogP contribution in [0.4, 0.5) is 20.1 Å². The van der Waals surface area contributed by atoms with Gasteiger partial charge in [0.05, 0.1) is 23.7 Å². The van der Waals surface area contributed by atoms with E-state index in [1.807, 2.05) is 0 Å². The van der Waals surface area contributed by atoms with Crippen molar-refractivity contribution in [2.45, 2.75) is 30.1 Å². The molecule has 4 rings (SSSR count). The number of hydrogen-bond donors (Lipinski definition) is 5. The zero-order chi connectivity index (χ0) is 35.3. The predicted octanol–water partition coefficient (Wildman–Crippen LogP) is -9.96. The first kappa shape index (κ1) is 42.8. The Labute approximate surface area is 332 Å². The van der Waals surface area contributed by atoms with Gasteiger partial charge in [-0.2, -0.15) is 0 Å². The van der Waals surface area contributed by atoms with E-state index in [2.05, 4.69) is 21.3 Å². The van der Waals surface area contributed by atoms with Crippen molar-refractivity contribution in [1.29, 1.82) is 0 Å². The predicted molar refractivity (Wildman–Crippen MR) is 155 cm³/mol. The molecule has 3 aliphatic rings. The molecule has 0 aliphatic carbocycles. The SMILES string of the molecule is CO[C@@]1(NC(=O)[C@@H](NC(=O)N2CCNC2=O)c2ccc(NC(=O)OC[C@@H](N)C(=O)[O-])cc2)C(=O)N2C(C(=O)[O-])=C(COC(C)=O)CS[C@H]21.[Na+].[Na+]. The van der Waals surface area contributed by atoms with Crippen LogP contribution in [-0.2, 0) is 38.2 Å². The molecule has 258 valence electrons. The molecule has 20 nitrogen and oxygen atoms in total. The third-order valence-electron chi connectivity index (χ3n) is 7.20. The molecule has 2 fully saturated rings. The number of imide groups is 1. The fraction of sp³-hybridized carbons (Fsp3) is 0.407. The van der Waals surface area contributed by atoms with Crippen LogP contribution in [0.1, 0.15) is 18.5 Å². The summed E-state index contributed by atoms with van der Waals surface area (Å²) in [4.78, 5) is 100. The van der Waals surface area contributed by atoms with Crippen LogP contribution in [0.2, 0.25) is 0 Å². The third kappa shape index (κ3) is 9.27. The Morgan fingerprint density at radius 1 is 1.10 bits per heavy atom. The topological polar surface area (TPSA) is 291 Å². The van der Waals surface area contributed by atoms with E-state index < -0.39 is 90.0 Å². The molecule has 3 heterocycles. The van der Waals surface area contributed by atoms with Crippen LogP contribution in [-0.4, -0.2) is 114 Å². The zero-order valence-electron chi connectivity index (χ0n) is 27.3. The van der Waals surface area contributed by atoms with Gasteiger partial charge in [-0.3, -0.25) is 24.6 Å². The average molecular weight is 738 g/mol. The number of amides is 7. The number of aliphatic carboxylic acids is 2. The number of carbonyl (C=O) groups is 8. The van der Waals surface area contributed by atoms with Crippen LogP contribution in [0.15, 0.2) is 35.5 Å². The Morgan fingerprint density at radius 3 is 2.30 bits per heavy atom. The van der Waals surface area contributed by atoms with E-state index >= 15 is 0 Å². The maximum absolute atomic E-state index is 13.8. The number of hydrogen-bond acceptors (Lipinski definition) is 15. The van der Waals surface area contributed by atoms with Crippen molar-refractivity contribution in [1.82, 2.24) is 25.8 Å². The summed E-state index contributed by atoms with van der Waals surface area (Å²) in [6.45, 7) is 0.198. The van der Waals surface area contributed by atoms with Crippen LogP contribution in [0.25, 0.3) is 0 Å². The normalized spacial score (nSPS) is 20.3. The van der Waals surface area contributed by atoms with E-state index in [0.717, 1.165) is 35.6 Å². The van der Waals surface area contributed by atoms with Crippen LogP contribution in [0, 0.1) is 0 Å². The number of carbonyl (C=O) groups excluding carboxylic acids is 8. The average Bonchev–Trinajstić information content (AvgIpc) is 3.49. The number of benzene rings is 1. The molecule has 0 saturated carbocycles. The molecule has 1 aromatic rings. The number of nitrogens with zero attached hydrogens (tertiary/aromatic N) is 2. The van der Waals surface area contributed by atoms with Crippen LogP contribution >= 0.6 is 11.8 Å². The molecule has 0 spiro atoms. The molecule has 4 atom stereocenters. The number of thioether (sulfide) groups is 1. The summed E-state index contributed by atoms with van der Waals surface area (Å²) in [5.41, 5.74) is 2.90. The van der Waals surface area contributed by atoms with E-state index in [4.69, 9.17) is 19.9 Å². The maximum atomic E-state index is 13.8. The molecule has 2 saturated heterocycles. The third-order valence-corrected chi connectivity index (χ3v) is 8.58. The van der Waals surface area contributed by atoms with E-state index in [1.54, 1.807) is 0 Å². The van der Waals surface area contributed by atoms with Crippen molar-refractivity contribution in [3.63, 3.8) is 0 Å². The summed E-state index contributed by atoms with van der Waals surface area (Å²) in [6.07, 6.45) is -1.05.